The number of rotatable bonds is 6. The van der Waals surface area contributed by atoms with Gasteiger partial charge in [-0.15, -0.1) is 0 Å². The van der Waals surface area contributed by atoms with Crippen molar-refractivity contribution in [2.45, 2.75) is 11.5 Å². The monoisotopic (exact) mass is 419 g/mol. The van der Waals surface area contributed by atoms with E-state index in [4.69, 9.17) is 4.74 Å². The quantitative estimate of drug-likeness (QED) is 0.604. The van der Waals surface area contributed by atoms with E-state index in [1.54, 1.807) is 54.8 Å². The first-order valence-corrected chi connectivity index (χ1v) is 11.0. The molecule has 6 heteroatoms. The van der Waals surface area contributed by atoms with Crippen LogP contribution in [0.1, 0.15) is 11.1 Å². The summed E-state index contributed by atoms with van der Waals surface area (Å²) in [5.41, 5.74) is 2.64. The van der Waals surface area contributed by atoms with Crippen molar-refractivity contribution in [1.29, 1.82) is 0 Å². The maximum Gasteiger partial charge on any atom is 0.262 e. The normalized spacial score (nSPS) is 14.9. The van der Waals surface area contributed by atoms with Crippen LogP contribution in [0.5, 0.6) is 5.75 Å². The first kappa shape index (κ1) is 20.1. The molecule has 30 heavy (non-hydrogen) atoms. The summed E-state index contributed by atoms with van der Waals surface area (Å²) in [5, 5.41) is 10.4. The van der Waals surface area contributed by atoms with Gasteiger partial charge in [0.15, 0.2) is 4.90 Å². The van der Waals surface area contributed by atoms with Crippen molar-refractivity contribution in [2.24, 2.45) is 0 Å². The zero-order valence-corrected chi connectivity index (χ0v) is 17.3. The zero-order chi connectivity index (χ0) is 21.1. The fraction of sp³-hybridized carbons (Fsp3) is 0.125. The van der Waals surface area contributed by atoms with Gasteiger partial charge in [-0.2, -0.15) is 0 Å². The Hall–Kier alpha value is -3.22. The van der Waals surface area contributed by atoms with Crippen molar-refractivity contribution >= 4 is 28.3 Å². The highest BCUT2D eigenvalue weighted by Gasteiger charge is 2.32. The molecular formula is C24H21NO4S. The van der Waals surface area contributed by atoms with Gasteiger partial charge in [-0.25, -0.2) is 0 Å². The molecule has 1 unspecified atom stereocenters. The van der Waals surface area contributed by atoms with Crippen LogP contribution in [0, 0.1) is 0 Å². The number of carbonyl (C=O) groups excluding carboxylic acids is 1. The van der Waals surface area contributed by atoms with Crippen LogP contribution in [0.3, 0.4) is 0 Å². The van der Waals surface area contributed by atoms with E-state index >= 15 is 0 Å². The van der Waals surface area contributed by atoms with E-state index in [0.29, 0.717) is 28.5 Å². The fourth-order valence-corrected chi connectivity index (χ4v) is 3.85. The van der Waals surface area contributed by atoms with Gasteiger partial charge in [0.05, 0.1) is 12.1 Å². The van der Waals surface area contributed by atoms with E-state index in [2.05, 4.69) is 0 Å². The van der Waals surface area contributed by atoms with Gasteiger partial charge in [0.25, 0.3) is 5.91 Å². The number of hydrogen-bond acceptors (Lipinski definition) is 4. The molecule has 0 fully saturated rings. The van der Waals surface area contributed by atoms with Crippen molar-refractivity contribution in [3.63, 3.8) is 0 Å². The molecule has 1 aliphatic heterocycles. The van der Waals surface area contributed by atoms with Crippen molar-refractivity contribution in [3.05, 3.63) is 95.7 Å². The first-order valence-electron chi connectivity index (χ1n) is 9.47. The van der Waals surface area contributed by atoms with Gasteiger partial charge in [0.2, 0.25) is 0 Å². The number of amides is 1. The van der Waals surface area contributed by atoms with Gasteiger partial charge in [0.1, 0.15) is 24.4 Å². The molecule has 3 aromatic rings. The predicted octanol–water partition coefficient (Wildman–Crippen LogP) is 4.32. The lowest BCUT2D eigenvalue weighted by Crippen LogP contribution is -2.26. The predicted molar refractivity (Wildman–Crippen MR) is 118 cm³/mol. The van der Waals surface area contributed by atoms with Crippen LogP contribution in [0.4, 0.5) is 5.69 Å². The molecule has 5 nitrogen and oxygen atoms in total. The highest BCUT2D eigenvalue weighted by molar-refractivity contribution is 7.90. The van der Waals surface area contributed by atoms with E-state index in [0.717, 1.165) is 5.56 Å². The van der Waals surface area contributed by atoms with E-state index < -0.39 is 11.2 Å². The number of ether oxygens (including phenoxy) is 1. The van der Waals surface area contributed by atoms with E-state index in [-0.39, 0.29) is 23.8 Å². The molecule has 1 heterocycles. The van der Waals surface area contributed by atoms with Crippen molar-refractivity contribution < 1.29 is 19.2 Å². The zero-order valence-electron chi connectivity index (χ0n) is 16.4. The number of nitrogens with zero attached hydrogens (tertiary/aromatic N) is 1. The topological polar surface area (TPSA) is 72.8 Å². The molecule has 0 aliphatic carbocycles. The molecule has 0 aromatic heterocycles. The van der Waals surface area contributed by atoms with Gasteiger partial charge in [-0.05, 0) is 58.7 Å². The van der Waals surface area contributed by atoms with Crippen LogP contribution in [-0.2, 0) is 22.6 Å². The van der Waals surface area contributed by atoms with E-state index in [1.165, 1.54) is 4.90 Å². The molecule has 1 N–H and O–H groups in total. The number of anilines is 1. The average Bonchev–Trinajstić information content (AvgIpc) is 3.07. The second-order valence-electron chi connectivity index (χ2n) is 6.96. The average molecular weight is 420 g/mol. The molecule has 0 spiro atoms. The fourth-order valence-electron chi connectivity index (χ4n) is 3.33. The van der Waals surface area contributed by atoms with E-state index in [1.807, 2.05) is 30.3 Å². The highest BCUT2D eigenvalue weighted by Crippen LogP contribution is 2.32. The lowest BCUT2D eigenvalue weighted by Gasteiger charge is -2.17. The maximum absolute atomic E-state index is 12.9. The van der Waals surface area contributed by atoms with Crippen LogP contribution in [-0.4, -0.2) is 28.4 Å². The number of hydrogen-bond donors (Lipinski definition) is 1. The molecule has 3 aromatic carbocycles. The van der Waals surface area contributed by atoms with Crippen LogP contribution >= 0.6 is 0 Å². The number of aliphatic hydroxyl groups is 1. The molecule has 4 rings (SSSR count). The van der Waals surface area contributed by atoms with Gasteiger partial charge in [-0.3, -0.25) is 4.79 Å². The third-order valence-corrected chi connectivity index (χ3v) is 5.86. The van der Waals surface area contributed by atoms with Crippen molar-refractivity contribution in [2.75, 3.05) is 17.7 Å². The standard InChI is InChI=1S/C24H21NO4S/c1-30(28)21-13-9-19(10-14-21)25-15-22(26)23(24(25)27)18-7-11-20(12-8-18)29-16-17-5-3-2-4-6-17/h2-14,26H,15-16H2,1H3. The highest BCUT2D eigenvalue weighted by atomic mass is 32.2. The third kappa shape index (κ3) is 4.20. The minimum Gasteiger partial charge on any atom is -0.612 e. The van der Waals surface area contributed by atoms with E-state index in [9.17, 15) is 14.5 Å². The van der Waals surface area contributed by atoms with Gasteiger partial charge in [0, 0.05) is 5.69 Å². The smallest absolute Gasteiger partial charge is 0.262 e. The van der Waals surface area contributed by atoms with Gasteiger partial charge < -0.3 is 19.3 Å². The number of carbonyl (C=O) groups is 1. The molecule has 1 amide bonds. The molecule has 0 bridgehead atoms. The second kappa shape index (κ2) is 8.65. The molecular weight excluding hydrogens is 398 g/mol. The molecule has 0 saturated carbocycles. The summed E-state index contributed by atoms with van der Waals surface area (Å²) in [6.45, 7) is 0.564. The summed E-state index contributed by atoms with van der Waals surface area (Å²) in [5.74, 6) is 0.449. The Bertz CT molecular complexity index is 1060. The van der Waals surface area contributed by atoms with Crippen molar-refractivity contribution in [3.8, 4) is 5.75 Å². The first-order chi connectivity index (χ1) is 14.5. The van der Waals surface area contributed by atoms with Crippen LogP contribution in [0.15, 0.2) is 89.5 Å². The minimum absolute atomic E-state index is 0.0288. The van der Waals surface area contributed by atoms with Crippen LogP contribution in [0.25, 0.3) is 5.57 Å². The SMILES string of the molecule is C[S+]([O-])c1ccc(N2CC(O)=C(c3ccc(OCc4ccccc4)cc3)C2=O)cc1. The van der Waals surface area contributed by atoms with Crippen LogP contribution in [0.2, 0.25) is 0 Å². The number of benzene rings is 3. The largest absolute Gasteiger partial charge is 0.612 e. The second-order valence-corrected chi connectivity index (χ2v) is 8.34. The van der Waals surface area contributed by atoms with Gasteiger partial charge in [-0.1, -0.05) is 42.5 Å². The lowest BCUT2D eigenvalue weighted by molar-refractivity contribution is -0.112. The summed E-state index contributed by atoms with van der Waals surface area (Å²) in [6, 6.07) is 23.9. The Morgan fingerprint density at radius 2 is 1.67 bits per heavy atom. The Kier molecular flexibility index (Phi) is 5.79. The summed E-state index contributed by atoms with van der Waals surface area (Å²) < 4.78 is 17.3. The Balaban J connectivity index is 1.47. The lowest BCUT2D eigenvalue weighted by atomic mass is 10.1. The summed E-state index contributed by atoms with van der Waals surface area (Å²) in [6.07, 6.45) is 1.61. The number of aliphatic hydroxyl groups excluding tert-OH is 1. The molecule has 152 valence electrons. The third-order valence-electron chi connectivity index (χ3n) is 4.93. The molecule has 1 atom stereocenters. The van der Waals surface area contributed by atoms with Crippen LogP contribution < -0.4 is 9.64 Å². The van der Waals surface area contributed by atoms with Crippen molar-refractivity contribution in [1.82, 2.24) is 0 Å². The summed E-state index contributed by atoms with van der Waals surface area (Å²) >= 11 is -1.08. The summed E-state index contributed by atoms with van der Waals surface area (Å²) in [7, 11) is 0. The Labute approximate surface area is 178 Å². The molecule has 0 saturated heterocycles. The molecule has 0 radical (unpaired) electrons. The Morgan fingerprint density at radius 3 is 2.30 bits per heavy atom. The minimum atomic E-state index is -1.08. The Morgan fingerprint density at radius 1 is 1.00 bits per heavy atom. The summed E-state index contributed by atoms with van der Waals surface area (Å²) in [4.78, 5) is 15.1. The molecule has 1 aliphatic rings. The maximum atomic E-state index is 12.9. The van der Waals surface area contributed by atoms with Gasteiger partial charge >= 0.3 is 0 Å².